The minimum Gasteiger partial charge on any atom is -0.313 e. The van der Waals surface area contributed by atoms with Gasteiger partial charge in [0.25, 0.3) is 0 Å². The van der Waals surface area contributed by atoms with Crippen molar-refractivity contribution in [2.45, 2.75) is 38.6 Å². The first-order valence-corrected chi connectivity index (χ1v) is 8.59. The van der Waals surface area contributed by atoms with Gasteiger partial charge in [0.2, 0.25) is 10.0 Å². The summed E-state index contributed by atoms with van der Waals surface area (Å²) in [5.41, 5.74) is 1.08. The van der Waals surface area contributed by atoms with E-state index in [-0.39, 0.29) is 5.41 Å². The fourth-order valence-electron chi connectivity index (χ4n) is 2.50. The number of rotatable bonds is 5. The summed E-state index contributed by atoms with van der Waals surface area (Å²) in [7, 11) is -3.35. The van der Waals surface area contributed by atoms with Crippen molar-refractivity contribution in [1.82, 2.24) is 9.62 Å². The number of hydrogen-bond donors (Lipinski definition) is 1. The van der Waals surface area contributed by atoms with Crippen LogP contribution in [0, 0.1) is 5.41 Å². The van der Waals surface area contributed by atoms with Crippen molar-refractivity contribution in [2.75, 3.05) is 19.6 Å². The third-order valence-electron chi connectivity index (χ3n) is 3.76. The van der Waals surface area contributed by atoms with Gasteiger partial charge in [-0.3, -0.25) is 0 Å². The predicted octanol–water partition coefficient (Wildman–Crippen LogP) is 2.22. The van der Waals surface area contributed by atoms with E-state index in [1.807, 2.05) is 19.1 Å². The van der Waals surface area contributed by atoms with Crippen molar-refractivity contribution in [1.29, 1.82) is 0 Å². The average Bonchev–Trinajstić information content (AvgIpc) is 2.78. The summed E-state index contributed by atoms with van der Waals surface area (Å²) in [5.74, 6) is 0. The Bertz CT molecular complexity index is 567. The zero-order valence-corrected chi connectivity index (χ0v) is 13.3. The maximum Gasteiger partial charge on any atom is 0.243 e. The van der Waals surface area contributed by atoms with Crippen LogP contribution in [0.15, 0.2) is 29.2 Å². The highest BCUT2D eigenvalue weighted by atomic mass is 32.2. The second-order valence-electron chi connectivity index (χ2n) is 6.18. The van der Waals surface area contributed by atoms with Crippen LogP contribution < -0.4 is 5.32 Å². The predicted molar refractivity (Wildman–Crippen MR) is 81.0 cm³/mol. The van der Waals surface area contributed by atoms with Gasteiger partial charge in [-0.1, -0.05) is 32.9 Å². The van der Waals surface area contributed by atoms with Crippen LogP contribution >= 0.6 is 0 Å². The lowest BCUT2D eigenvalue weighted by Gasteiger charge is -2.20. The van der Waals surface area contributed by atoms with Crippen molar-refractivity contribution in [3.8, 4) is 0 Å². The first-order valence-electron chi connectivity index (χ1n) is 7.15. The molecule has 4 nitrogen and oxygen atoms in total. The Balaban J connectivity index is 2.21. The third kappa shape index (κ3) is 3.40. The first kappa shape index (κ1) is 15.5. The zero-order valence-electron chi connectivity index (χ0n) is 12.5. The molecule has 0 amide bonds. The molecule has 1 aliphatic heterocycles. The van der Waals surface area contributed by atoms with Gasteiger partial charge in [-0.15, -0.1) is 0 Å². The summed E-state index contributed by atoms with van der Waals surface area (Å²) in [6.07, 6.45) is 0.920. The van der Waals surface area contributed by atoms with E-state index < -0.39 is 10.0 Å². The fourth-order valence-corrected chi connectivity index (χ4v) is 4.20. The molecular weight excluding hydrogens is 272 g/mol. The molecule has 1 fully saturated rings. The lowest BCUT2D eigenvalue weighted by molar-refractivity contribution is 0.375. The Morgan fingerprint density at radius 1 is 1.35 bits per heavy atom. The summed E-state index contributed by atoms with van der Waals surface area (Å²) < 4.78 is 26.9. The SMILES string of the molecule is CCNCc1cccc(S(=O)(=O)N2CCC(C)(C)C2)c1. The van der Waals surface area contributed by atoms with Gasteiger partial charge in [-0.25, -0.2) is 8.42 Å². The zero-order chi connectivity index (χ0) is 14.8. The summed E-state index contributed by atoms with van der Waals surface area (Å²) in [4.78, 5) is 0.408. The van der Waals surface area contributed by atoms with Gasteiger partial charge < -0.3 is 5.32 Å². The second-order valence-corrected chi connectivity index (χ2v) is 8.12. The molecule has 1 N–H and O–H groups in total. The molecule has 0 saturated carbocycles. The molecule has 0 unspecified atom stereocenters. The van der Waals surface area contributed by atoms with Gasteiger partial charge in [-0.05, 0) is 36.1 Å². The molecule has 0 radical (unpaired) electrons. The van der Waals surface area contributed by atoms with E-state index in [0.29, 0.717) is 24.5 Å². The molecule has 1 aliphatic rings. The van der Waals surface area contributed by atoms with Crippen LogP contribution in [0.5, 0.6) is 0 Å². The topological polar surface area (TPSA) is 49.4 Å². The van der Waals surface area contributed by atoms with Crippen molar-refractivity contribution in [2.24, 2.45) is 5.41 Å². The van der Waals surface area contributed by atoms with Gasteiger partial charge in [0, 0.05) is 19.6 Å². The molecule has 112 valence electrons. The molecule has 1 heterocycles. The minimum atomic E-state index is -3.35. The van der Waals surface area contributed by atoms with Crippen molar-refractivity contribution >= 4 is 10.0 Å². The van der Waals surface area contributed by atoms with E-state index in [4.69, 9.17) is 0 Å². The molecule has 1 saturated heterocycles. The molecular formula is C15H24N2O2S. The van der Waals surface area contributed by atoms with Gasteiger partial charge in [0.1, 0.15) is 0 Å². The molecule has 0 aromatic heterocycles. The monoisotopic (exact) mass is 296 g/mol. The van der Waals surface area contributed by atoms with E-state index in [1.165, 1.54) is 0 Å². The van der Waals surface area contributed by atoms with Crippen LogP contribution in [0.1, 0.15) is 32.8 Å². The minimum absolute atomic E-state index is 0.0778. The Morgan fingerprint density at radius 3 is 2.70 bits per heavy atom. The highest BCUT2D eigenvalue weighted by Gasteiger charge is 2.36. The fraction of sp³-hybridized carbons (Fsp3) is 0.600. The van der Waals surface area contributed by atoms with Gasteiger partial charge in [0.05, 0.1) is 4.90 Å². The number of nitrogens with zero attached hydrogens (tertiary/aromatic N) is 1. The summed E-state index contributed by atoms with van der Waals surface area (Å²) >= 11 is 0. The lowest BCUT2D eigenvalue weighted by atomic mass is 9.93. The van der Waals surface area contributed by atoms with Crippen LogP contribution in [0.2, 0.25) is 0 Å². The number of nitrogens with one attached hydrogen (secondary N) is 1. The molecule has 1 aromatic rings. The van der Waals surface area contributed by atoms with Gasteiger partial charge >= 0.3 is 0 Å². The van der Waals surface area contributed by atoms with Crippen LogP contribution in [0.3, 0.4) is 0 Å². The smallest absolute Gasteiger partial charge is 0.243 e. The standard InChI is InChI=1S/C15H24N2O2S/c1-4-16-11-13-6-5-7-14(10-13)20(18,19)17-9-8-15(2,3)12-17/h5-7,10,16H,4,8-9,11-12H2,1-3H3. The maximum absolute atomic E-state index is 12.7. The Morgan fingerprint density at radius 2 is 2.10 bits per heavy atom. The molecule has 2 rings (SSSR count). The second kappa shape index (κ2) is 5.84. The summed E-state index contributed by atoms with van der Waals surface area (Å²) in [6.45, 7) is 9.06. The van der Waals surface area contributed by atoms with Gasteiger partial charge in [0.15, 0.2) is 0 Å². The lowest BCUT2D eigenvalue weighted by Crippen LogP contribution is -2.30. The van der Waals surface area contributed by atoms with Crippen molar-refractivity contribution in [3.63, 3.8) is 0 Å². The average molecular weight is 296 g/mol. The largest absolute Gasteiger partial charge is 0.313 e. The van der Waals surface area contributed by atoms with Crippen LogP contribution in [-0.4, -0.2) is 32.4 Å². The molecule has 0 aliphatic carbocycles. The third-order valence-corrected chi connectivity index (χ3v) is 5.60. The van der Waals surface area contributed by atoms with Gasteiger partial charge in [-0.2, -0.15) is 4.31 Å². The van der Waals surface area contributed by atoms with Crippen LogP contribution in [-0.2, 0) is 16.6 Å². The number of benzene rings is 1. The Hall–Kier alpha value is -0.910. The van der Waals surface area contributed by atoms with Crippen molar-refractivity contribution in [3.05, 3.63) is 29.8 Å². The molecule has 0 atom stereocenters. The quantitative estimate of drug-likeness (QED) is 0.906. The molecule has 0 bridgehead atoms. The van der Waals surface area contributed by atoms with E-state index in [0.717, 1.165) is 18.5 Å². The molecule has 20 heavy (non-hydrogen) atoms. The normalized spacial score (nSPS) is 19.4. The van der Waals surface area contributed by atoms with Crippen LogP contribution in [0.4, 0.5) is 0 Å². The Kier molecular flexibility index (Phi) is 4.52. The highest BCUT2D eigenvalue weighted by Crippen LogP contribution is 2.32. The first-order chi connectivity index (χ1) is 9.35. The Labute approximate surface area is 122 Å². The van der Waals surface area contributed by atoms with E-state index in [2.05, 4.69) is 19.2 Å². The van der Waals surface area contributed by atoms with E-state index >= 15 is 0 Å². The highest BCUT2D eigenvalue weighted by molar-refractivity contribution is 7.89. The summed E-state index contributed by atoms with van der Waals surface area (Å²) in [5, 5.41) is 3.22. The van der Waals surface area contributed by atoms with E-state index in [9.17, 15) is 8.42 Å². The van der Waals surface area contributed by atoms with Crippen LogP contribution in [0.25, 0.3) is 0 Å². The molecule has 0 spiro atoms. The number of hydrogen-bond acceptors (Lipinski definition) is 3. The molecule has 1 aromatic carbocycles. The van der Waals surface area contributed by atoms with E-state index in [1.54, 1.807) is 16.4 Å². The number of sulfonamides is 1. The van der Waals surface area contributed by atoms with Crippen molar-refractivity contribution < 1.29 is 8.42 Å². The maximum atomic E-state index is 12.7. The molecule has 5 heteroatoms. The summed E-state index contributed by atoms with van der Waals surface area (Å²) in [6, 6.07) is 7.25.